The SMILES string of the molecule is C[C@H](Sc1nnc(C(F)(F)F)n1C)C(=O)N(C)c1ccccc1. The van der Waals surface area contributed by atoms with Crippen LogP contribution in [0.2, 0.25) is 0 Å². The highest BCUT2D eigenvalue weighted by Crippen LogP contribution is 2.31. The van der Waals surface area contributed by atoms with E-state index in [1.807, 2.05) is 6.07 Å². The molecule has 0 aliphatic heterocycles. The summed E-state index contributed by atoms with van der Waals surface area (Å²) in [6.45, 7) is 1.62. The first-order valence-electron chi connectivity index (χ1n) is 6.67. The van der Waals surface area contributed by atoms with Gasteiger partial charge >= 0.3 is 6.18 Å². The fourth-order valence-electron chi connectivity index (χ4n) is 1.92. The van der Waals surface area contributed by atoms with Crippen molar-refractivity contribution in [3.8, 4) is 0 Å². The zero-order valence-corrected chi connectivity index (χ0v) is 13.5. The highest BCUT2D eigenvalue weighted by Gasteiger charge is 2.38. The molecule has 2 aromatic rings. The third-order valence-electron chi connectivity index (χ3n) is 3.19. The Morgan fingerprint density at radius 1 is 1.26 bits per heavy atom. The van der Waals surface area contributed by atoms with E-state index in [2.05, 4.69) is 10.2 Å². The molecular formula is C14H15F3N4OS. The molecule has 0 radical (unpaired) electrons. The van der Waals surface area contributed by atoms with Gasteiger partial charge in [-0.1, -0.05) is 30.0 Å². The largest absolute Gasteiger partial charge is 0.451 e. The van der Waals surface area contributed by atoms with Crippen molar-refractivity contribution in [2.75, 3.05) is 11.9 Å². The Morgan fingerprint density at radius 3 is 2.39 bits per heavy atom. The number of amides is 1. The standard InChI is InChI=1S/C14H15F3N4OS/c1-9(11(22)20(2)10-7-5-4-6-8-10)23-13-19-18-12(21(13)3)14(15,16)17/h4-9H,1-3H3/t9-/m0/s1. The van der Waals surface area contributed by atoms with Gasteiger partial charge in [0.05, 0.1) is 5.25 Å². The van der Waals surface area contributed by atoms with E-state index in [1.165, 1.54) is 11.9 Å². The molecule has 1 aromatic heterocycles. The minimum absolute atomic E-state index is 0.0413. The smallest absolute Gasteiger partial charge is 0.315 e. The van der Waals surface area contributed by atoms with Crippen molar-refractivity contribution in [1.29, 1.82) is 0 Å². The van der Waals surface area contributed by atoms with Gasteiger partial charge in [0.2, 0.25) is 11.7 Å². The number of carbonyl (C=O) groups is 1. The minimum atomic E-state index is -4.57. The summed E-state index contributed by atoms with van der Waals surface area (Å²) in [4.78, 5) is 13.8. The number of halogens is 3. The summed E-state index contributed by atoms with van der Waals surface area (Å²) in [7, 11) is 2.84. The number of para-hydroxylation sites is 1. The summed E-state index contributed by atoms with van der Waals surface area (Å²) >= 11 is 0.936. The number of hydrogen-bond donors (Lipinski definition) is 0. The number of benzene rings is 1. The Balaban J connectivity index is 2.12. The molecule has 0 N–H and O–H groups in total. The van der Waals surface area contributed by atoms with Crippen LogP contribution >= 0.6 is 11.8 Å². The molecule has 1 heterocycles. The quantitative estimate of drug-likeness (QED) is 0.800. The molecule has 0 bridgehead atoms. The molecule has 1 atom stereocenters. The topological polar surface area (TPSA) is 51.0 Å². The number of aromatic nitrogens is 3. The van der Waals surface area contributed by atoms with E-state index in [9.17, 15) is 18.0 Å². The molecule has 0 spiro atoms. The zero-order chi connectivity index (χ0) is 17.2. The van der Waals surface area contributed by atoms with Gasteiger partial charge in [0.1, 0.15) is 0 Å². The van der Waals surface area contributed by atoms with Crippen molar-refractivity contribution in [2.24, 2.45) is 7.05 Å². The van der Waals surface area contributed by atoms with E-state index in [1.54, 1.807) is 38.2 Å². The Labute approximate surface area is 135 Å². The van der Waals surface area contributed by atoms with Gasteiger partial charge in [-0.3, -0.25) is 4.79 Å². The normalized spacial score (nSPS) is 13.0. The van der Waals surface area contributed by atoms with Crippen molar-refractivity contribution < 1.29 is 18.0 Å². The molecular weight excluding hydrogens is 329 g/mol. The van der Waals surface area contributed by atoms with Crippen molar-refractivity contribution in [3.05, 3.63) is 36.2 Å². The molecule has 1 amide bonds. The van der Waals surface area contributed by atoms with Gasteiger partial charge in [0, 0.05) is 19.8 Å². The molecule has 0 unspecified atom stereocenters. The molecule has 0 fully saturated rings. The van der Waals surface area contributed by atoms with E-state index in [0.717, 1.165) is 16.3 Å². The van der Waals surface area contributed by atoms with Crippen LogP contribution in [0.1, 0.15) is 12.7 Å². The first-order valence-corrected chi connectivity index (χ1v) is 7.55. The summed E-state index contributed by atoms with van der Waals surface area (Å²) in [5.41, 5.74) is 0.707. The molecule has 9 heteroatoms. The average Bonchev–Trinajstić information content (AvgIpc) is 2.87. The third kappa shape index (κ3) is 3.84. The van der Waals surface area contributed by atoms with Crippen LogP contribution in [0.4, 0.5) is 18.9 Å². The third-order valence-corrected chi connectivity index (χ3v) is 4.31. The molecule has 124 valence electrons. The lowest BCUT2D eigenvalue weighted by Crippen LogP contribution is -2.33. The Morgan fingerprint density at radius 2 is 1.87 bits per heavy atom. The zero-order valence-electron chi connectivity index (χ0n) is 12.7. The van der Waals surface area contributed by atoms with Gasteiger partial charge in [0.25, 0.3) is 0 Å². The molecule has 0 saturated carbocycles. The maximum absolute atomic E-state index is 12.7. The van der Waals surface area contributed by atoms with Crippen LogP contribution in [-0.2, 0) is 18.0 Å². The molecule has 5 nitrogen and oxygen atoms in total. The second-order valence-corrected chi connectivity index (χ2v) is 6.16. The van der Waals surface area contributed by atoms with E-state index in [4.69, 9.17) is 0 Å². The molecule has 1 aromatic carbocycles. The Kier molecular flexibility index (Phi) is 4.98. The van der Waals surface area contributed by atoms with Crippen LogP contribution in [0.3, 0.4) is 0 Å². The summed E-state index contributed by atoms with van der Waals surface area (Å²) in [6.07, 6.45) is -4.57. The van der Waals surface area contributed by atoms with E-state index in [-0.39, 0.29) is 11.1 Å². The fourth-order valence-corrected chi connectivity index (χ4v) is 2.83. The number of anilines is 1. The van der Waals surface area contributed by atoms with Crippen LogP contribution in [0.15, 0.2) is 35.5 Å². The predicted octanol–water partition coefficient (Wildman–Crippen LogP) is 2.98. The number of hydrogen-bond acceptors (Lipinski definition) is 4. The van der Waals surface area contributed by atoms with Gasteiger partial charge in [-0.25, -0.2) is 0 Å². The predicted molar refractivity (Wildman–Crippen MR) is 81.2 cm³/mol. The van der Waals surface area contributed by atoms with Crippen LogP contribution in [0, 0.1) is 0 Å². The number of carbonyl (C=O) groups excluding carboxylic acids is 1. The molecule has 0 aliphatic carbocycles. The lowest BCUT2D eigenvalue weighted by atomic mass is 10.3. The number of thioether (sulfide) groups is 1. The van der Waals surface area contributed by atoms with Crippen molar-refractivity contribution in [2.45, 2.75) is 23.5 Å². The van der Waals surface area contributed by atoms with E-state index >= 15 is 0 Å². The number of nitrogens with zero attached hydrogens (tertiary/aromatic N) is 4. The average molecular weight is 344 g/mol. The maximum Gasteiger partial charge on any atom is 0.451 e. The molecule has 0 saturated heterocycles. The number of alkyl halides is 3. The van der Waals surface area contributed by atoms with Crippen molar-refractivity contribution in [3.63, 3.8) is 0 Å². The first kappa shape index (κ1) is 17.3. The van der Waals surface area contributed by atoms with Crippen LogP contribution < -0.4 is 4.90 Å². The van der Waals surface area contributed by atoms with Gasteiger partial charge in [-0.15, -0.1) is 10.2 Å². The van der Waals surface area contributed by atoms with Crippen molar-refractivity contribution >= 4 is 23.4 Å². The molecule has 23 heavy (non-hydrogen) atoms. The lowest BCUT2D eigenvalue weighted by Gasteiger charge is -2.20. The van der Waals surface area contributed by atoms with Gasteiger partial charge in [0.15, 0.2) is 5.16 Å². The van der Waals surface area contributed by atoms with E-state index in [0.29, 0.717) is 5.69 Å². The van der Waals surface area contributed by atoms with E-state index < -0.39 is 17.3 Å². The van der Waals surface area contributed by atoms with Crippen molar-refractivity contribution in [1.82, 2.24) is 14.8 Å². The highest BCUT2D eigenvalue weighted by molar-refractivity contribution is 8.00. The van der Waals surface area contributed by atoms with Crippen LogP contribution in [0.5, 0.6) is 0 Å². The second kappa shape index (κ2) is 6.61. The number of rotatable bonds is 4. The maximum atomic E-state index is 12.7. The molecule has 0 aliphatic rings. The summed E-state index contributed by atoms with van der Waals surface area (Å²) in [5.74, 6) is -1.33. The van der Waals surface area contributed by atoms with Crippen LogP contribution in [0.25, 0.3) is 0 Å². The van der Waals surface area contributed by atoms with Crippen LogP contribution in [-0.4, -0.2) is 33.0 Å². The van der Waals surface area contributed by atoms with Gasteiger partial charge < -0.3 is 9.47 Å². The Bertz CT molecular complexity index is 687. The highest BCUT2D eigenvalue weighted by atomic mass is 32.2. The monoisotopic (exact) mass is 344 g/mol. The summed E-state index contributed by atoms with van der Waals surface area (Å²) < 4.78 is 38.9. The second-order valence-electron chi connectivity index (χ2n) is 4.86. The summed E-state index contributed by atoms with van der Waals surface area (Å²) in [6, 6.07) is 8.99. The lowest BCUT2D eigenvalue weighted by molar-refractivity contribution is -0.147. The summed E-state index contributed by atoms with van der Waals surface area (Å²) in [5, 5.41) is 6.10. The minimum Gasteiger partial charge on any atom is -0.315 e. The Hall–Kier alpha value is -2.03. The van der Waals surface area contributed by atoms with Gasteiger partial charge in [-0.05, 0) is 19.1 Å². The molecule has 2 rings (SSSR count). The first-order chi connectivity index (χ1) is 10.7. The van der Waals surface area contributed by atoms with Gasteiger partial charge in [-0.2, -0.15) is 13.2 Å². The fraction of sp³-hybridized carbons (Fsp3) is 0.357.